The molecular weight excluding hydrogens is 402 g/mol. The summed E-state index contributed by atoms with van der Waals surface area (Å²) in [6.07, 6.45) is 0.872. The lowest BCUT2D eigenvalue weighted by atomic mass is 9.95. The highest BCUT2D eigenvalue weighted by Gasteiger charge is 2.46. The Hall–Kier alpha value is -3.86. The van der Waals surface area contributed by atoms with Crippen molar-refractivity contribution in [3.05, 3.63) is 101 Å². The molecule has 1 heterocycles. The number of carbonyl (C=O) groups is 2. The number of ether oxygens (including phenoxy) is 1. The number of hydrogen-bond donors (Lipinski definition) is 1. The molecule has 5 nitrogen and oxygen atoms in total. The molecule has 1 aliphatic heterocycles. The molecule has 1 atom stereocenters. The SMILES string of the molecule is CCOc1cccc(/C(O)=C2/C(=O)C(=O)N(c3ccc(CC)cc3)C2c2ccccc2)c1. The van der Waals surface area contributed by atoms with Crippen molar-refractivity contribution >= 4 is 23.1 Å². The second kappa shape index (κ2) is 9.10. The van der Waals surface area contributed by atoms with Gasteiger partial charge in [0.05, 0.1) is 18.2 Å². The molecule has 3 aromatic rings. The largest absolute Gasteiger partial charge is 0.507 e. The van der Waals surface area contributed by atoms with E-state index in [0.29, 0.717) is 23.6 Å². The van der Waals surface area contributed by atoms with E-state index >= 15 is 0 Å². The van der Waals surface area contributed by atoms with Gasteiger partial charge in [-0.3, -0.25) is 14.5 Å². The van der Waals surface area contributed by atoms with E-state index in [1.807, 2.05) is 61.5 Å². The van der Waals surface area contributed by atoms with Crippen molar-refractivity contribution in [3.63, 3.8) is 0 Å². The third kappa shape index (κ3) is 3.89. The van der Waals surface area contributed by atoms with Gasteiger partial charge in [0.1, 0.15) is 11.5 Å². The third-order valence-electron chi connectivity index (χ3n) is 5.60. The summed E-state index contributed by atoms with van der Waals surface area (Å²) < 4.78 is 5.54. The zero-order valence-corrected chi connectivity index (χ0v) is 18.1. The average molecular weight is 428 g/mol. The van der Waals surface area contributed by atoms with Gasteiger partial charge in [-0.25, -0.2) is 0 Å². The van der Waals surface area contributed by atoms with Crippen LogP contribution in [0, 0.1) is 0 Å². The fraction of sp³-hybridized carbons (Fsp3) is 0.185. The molecule has 0 spiro atoms. The van der Waals surface area contributed by atoms with E-state index in [2.05, 4.69) is 6.92 Å². The maximum atomic E-state index is 13.2. The lowest BCUT2D eigenvalue weighted by Crippen LogP contribution is -2.29. The van der Waals surface area contributed by atoms with Gasteiger partial charge in [0.2, 0.25) is 0 Å². The first-order valence-corrected chi connectivity index (χ1v) is 10.7. The van der Waals surface area contributed by atoms with Crippen molar-refractivity contribution in [2.75, 3.05) is 11.5 Å². The van der Waals surface area contributed by atoms with Gasteiger partial charge < -0.3 is 9.84 Å². The average Bonchev–Trinajstić information content (AvgIpc) is 3.10. The van der Waals surface area contributed by atoms with Crippen molar-refractivity contribution in [2.45, 2.75) is 26.3 Å². The number of aliphatic hydroxyl groups excluding tert-OH is 1. The number of benzene rings is 3. The Kier molecular flexibility index (Phi) is 6.08. The predicted molar refractivity (Wildman–Crippen MR) is 125 cm³/mol. The van der Waals surface area contributed by atoms with Crippen LogP contribution in [-0.4, -0.2) is 23.4 Å². The Morgan fingerprint density at radius 2 is 1.66 bits per heavy atom. The minimum atomic E-state index is -0.737. The maximum Gasteiger partial charge on any atom is 0.300 e. The van der Waals surface area contributed by atoms with Crippen LogP contribution >= 0.6 is 0 Å². The Balaban J connectivity index is 1.89. The van der Waals surface area contributed by atoms with Gasteiger partial charge in [-0.2, -0.15) is 0 Å². The quantitative estimate of drug-likeness (QED) is 0.330. The smallest absolute Gasteiger partial charge is 0.300 e. The van der Waals surface area contributed by atoms with Crippen molar-refractivity contribution in [1.82, 2.24) is 0 Å². The Labute approximate surface area is 187 Å². The predicted octanol–water partition coefficient (Wildman–Crippen LogP) is 5.27. The lowest BCUT2D eigenvalue weighted by Gasteiger charge is -2.25. The minimum Gasteiger partial charge on any atom is -0.507 e. The standard InChI is InChI=1S/C27H25NO4/c1-3-18-13-15-21(16-14-18)28-24(19-9-6-5-7-10-19)23(26(30)27(28)31)25(29)20-11-8-12-22(17-20)32-4-2/h5-17,24,29H,3-4H2,1-2H3/b25-23-. The summed E-state index contributed by atoms with van der Waals surface area (Å²) in [5.41, 5.74) is 2.98. The summed E-state index contributed by atoms with van der Waals surface area (Å²) in [5.74, 6) is -1.01. The highest BCUT2D eigenvalue weighted by Crippen LogP contribution is 2.42. The number of hydrogen-bond acceptors (Lipinski definition) is 4. The zero-order chi connectivity index (χ0) is 22.7. The maximum absolute atomic E-state index is 13.2. The molecule has 3 aromatic carbocycles. The molecule has 4 rings (SSSR count). The minimum absolute atomic E-state index is 0.0643. The fourth-order valence-electron chi connectivity index (χ4n) is 4.00. The number of anilines is 1. The number of amides is 1. The molecule has 0 radical (unpaired) electrons. The molecular formula is C27H25NO4. The van der Waals surface area contributed by atoms with Crippen LogP contribution < -0.4 is 9.64 Å². The zero-order valence-electron chi connectivity index (χ0n) is 18.1. The van der Waals surface area contributed by atoms with E-state index < -0.39 is 17.7 Å². The number of Topliss-reactive ketones (excluding diaryl/α,β-unsaturated/α-hetero) is 1. The van der Waals surface area contributed by atoms with Gasteiger partial charge in [0.15, 0.2) is 0 Å². The summed E-state index contributed by atoms with van der Waals surface area (Å²) in [4.78, 5) is 27.8. The molecule has 0 bridgehead atoms. The van der Waals surface area contributed by atoms with Gasteiger partial charge in [-0.15, -0.1) is 0 Å². The van der Waals surface area contributed by atoms with E-state index in [9.17, 15) is 14.7 Å². The lowest BCUT2D eigenvalue weighted by molar-refractivity contribution is -0.132. The molecule has 0 aliphatic carbocycles. The molecule has 1 fully saturated rings. The second-order valence-electron chi connectivity index (χ2n) is 7.56. The first-order chi connectivity index (χ1) is 15.5. The Morgan fingerprint density at radius 3 is 2.31 bits per heavy atom. The van der Waals surface area contributed by atoms with Crippen LogP contribution in [-0.2, 0) is 16.0 Å². The van der Waals surface area contributed by atoms with E-state index in [1.165, 1.54) is 4.90 Å². The molecule has 0 aromatic heterocycles. The molecule has 0 saturated carbocycles. The molecule has 1 aliphatic rings. The van der Waals surface area contributed by atoms with Gasteiger partial charge in [-0.1, -0.05) is 61.5 Å². The molecule has 1 N–H and O–H groups in total. The molecule has 162 valence electrons. The molecule has 1 amide bonds. The van der Waals surface area contributed by atoms with Gasteiger partial charge >= 0.3 is 0 Å². The summed E-state index contributed by atoms with van der Waals surface area (Å²) in [5, 5.41) is 11.2. The molecule has 1 unspecified atom stereocenters. The number of aliphatic hydroxyl groups is 1. The summed E-state index contributed by atoms with van der Waals surface area (Å²) in [6.45, 7) is 4.41. The van der Waals surface area contributed by atoms with Crippen LogP contribution in [0.3, 0.4) is 0 Å². The first kappa shape index (κ1) is 21.4. The first-order valence-electron chi connectivity index (χ1n) is 10.7. The van der Waals surface area contributed by atoms with Crippen molar-refractivity contribution in [1.29, 1.82) is 0 Å². The van der Waals surface area contributed by atoms with Crippen LogP contribution in [0.15, 0.2) is 84.4 Å². The summed E-state index contributed by atoms with van der Waals surface area (Å²) in [7, 11) is 0. The van der Waals surface area contributed by atoms with Crippen molar-refractivity contribution in [3.8, 4) is 5.75 Å². The highest BCUT2D eigenvalue weighted by atomic mass is 16.5. The van der Waals surface area contributed by atoms with Crippen molar-refractivity contribution < 1.29 is 19.4 Å². The van der Waals surface area contributed by atoms with E-state index in [4.69, 9.17) is 4.74 Å². The molecule has 1 saturated heterocycles. The number of carbonyl (C=O) groups excluding carboxylic acids is 2. The number of aryl methyl sites for hydroxylation is 1. The molecule has 5 heteroatoms. The van der Waals surface area contributed by atoms with Crippen LogP contribution in [0.25, 0.3) is 5.76 Å². The number of nitrogens with zero attached hydrogens (tertiary/aromatic N) is 1. The van der Waals surface area contributed by atoms with Gasteiger partial charge in [-0.05, 0) is 48.7 Å². The van der Waals surface area contributed by atoms with Crippen LogP contribution in [0.1, 0.15) is 36.6 Å². The van der Waals surface area contributed by atoms with E-state index in [1.54, 1.807) is 24.3 Å². The normalized spacial score (nSPS) is 17.6. The Bertz CT molecular complexity index is 1170. The summed E-state index contributed by atoms with van der Waals surface area (Å²) in [6, 6.07) is 23.0. The number of rotatable bonds is 6. The topological polar surface area (TPSA) is 66.8 Å². The van der Waals surface area contributed by atoms with Crippen LogP contribution in [0.2, 0.25) is 0 Å². The van der Waals surface area contributed by atoms with Crippen LogP contribution in [0.5, 0.6) is 5.75 Å². The second-order valence-corrected chi connectivity index (χ2v) is 7.56. The van der Waals surface area contributed by atoms with Crippen molar-refractivity contribution in [2.24, 2.45) is 0 Å². The Morgan fingerprint density at radius 1 is 0.938 bits per heavy atom. The number of ketones is 1. The monoisotopic (exact) mass is 427 g/mol. The van der Waals surface area contributed by atoms with Gasteiger partial charge in [0.25, 0.3) is 11.7 Å². The van der Waals surface area contributed by atoms with E-state index in [-0.39, 0.29) is 11.3 Å². The van der Waals surface area contributed by atoms with Gasteiger partial charge in [0, 0.05) is 11.3 Å². The van der Waals surface area contributed by atoms with E-state index in [0.717, 1.165) is 17.5 Å². The molecule has 32 heavy (non-hydrogen) atoms. The summed E-state index contributed by atoms with van der Waals surface area (Å²) >= 11 is 0. The highest BCUT2D eigenvalue weighted by molar-refractivity contribution is 6.51. The third-order valence-corrected chi connectivity index (χ3v) is 5.60. The van der Waals surface area contributed by atoms with Crippen LogP contribution in [0.4, 0.5) is 5.69 Å². The fourth-order valence-corrected chi connectivity index (χ4v) is 4.00.